The van der Waals surface area contributed by atoms with Gasteiger partial charge in [0.25, 0.3) is 0 Å². The SMILES string of the molecule is CCn1cc(C(=O)O)c(=O)c2cc(F)c(N3CCCNCC3)cc21. The molecule has 3 rings (SSSR count). The molecule has 1 fully saturated rings. The summed E-state index contributed by atoms with van der Waals surface area (Å²) in [5.41, 5.74) is 0.0256. The minimum absolute atomic E-state index is 0.103. The third-order valence-electron chi connectivity index (χ3n) is 4.40. The van der Waals surface area contributed by atoms with Crippen molar-refractivity contribution in [2.24, 2.45) is 0 Å². The number of hydrogen-bond acceptors (Lipinski definition) is 4. The van der Waals surface area contributed by atoms with Gasteiger partial charge < -0.3 is 19.9 Å². The smallest absolute Gasteiger partial charge is 0.341 e. The lowest BCUT2D eigenvalue weighted by molar-refractivity contribution is 0.0695. The number of nitrogens with one attached hydrogen (secondary N) is 1. The fourth-order valence-electron chi connectivity index (χ4n) is 3.14. The first-order valence-corrected chi connectivity index (χ1v) is 8.08. The summed E-state index contributed by atoms with van der Waals surface area (Å²) < 4.78 is 16.3. The maximum Gasteiger partial charge on any atom is 0.341 e. The average molecular weight is 333 g/mol. The van der Waals surface area contributed by atoms with Gasteiger partial charge in [-0.3, -0.25) is 4.79 Å². The molecule has 1 saturated heterocycles. The highest BCUT2D eigenvalue weighted by Crippen LogP contribution is 2.25. The van der Waals surface area contributed by atoms with E-state index in [-0.39, 0.29) is 10.9 Å². The highest BCUT2D eigenvalue weighted by atomic mass is 19.1. The fourth-order valence-corrected chi connectivity index (χ4v) is 3.14. The lowest BCUT2D eigenvalue weighted by atomic mass is 10.1. The molecule has 1 aromatic carbocycles. The summed E-state index contributed by atoms with van der Waals surface area (Å²) in [5, 5.41) is 12.6. The van der Waals surface area contributed by atoms with E-state index >= 15 is 0 Å². The molecule has 2 aromatic rings. The van der Waals surface area contributed by atoms with Crippen molar-refractivity contribution >= 4 is 22.6 Å². The molecule has 0 atom stereocenters. The van der Waals surface area contributed by atoms with E-state index < -0.39 is 17.2 Å². The van der Waals surface area contributed by atoms with Gasteiger partial charge in [0.1, 0.15) is 11.4 Å². The molecule has 1 aliphatic heterocycles. The molecular formula is C17H20FN3O3. The van der Waals surface area contributed by atoms with Gasteiger partial charge in [0.05, 0.1) is 11.2 Å². The second-order valence-corrected chi connectivity index (χ2v) is 5.87. The Balaban J connectivity index is 2.21. The summed E-state index contributed by atoms with van der Waals surface area (Å²) >= 11 is 0. The quantitative estimate of drug-likeness (QED) is 0.893. The molecule has 2 heterocycles. The number of fused-ring (bicyclic) bond motifs is 1. The van der Waals surface area contributed by atoms with E-state index in [0.717, 1.165) is 26.1 Å². The first-order chi connectivity index (χ1) is 11.5. The van der Waals surface area contributed by atoms with Crippen LogP contribution in [0.25, 0.3) is 10.9 Å². The monoisotopic (exact) mass is 333 g/mol. The molecule has 128 valence electrons. The van der Waals surface area contributed by atoms with Crippen molar-refractivity contribution in [3.8, 4) is 0 Å². The number of pyridine rings is 1. The molecule has 0 saturated carbocycles. The number of aryl methyl sites for hydroxylation is 1. The van der Waals surface area contributed by atoms with Crippen molar-refractivity contribution < 1.29 is 14.3 Å². The van der Waals surface area contributed by atoms with Gasteiger partial charge in [0, 0.05) is 37.8 Å². The number of anilines is 1. The number of carboxylic acid groups (broad SMARTS) is 1. The maximum absolute atomic E-state index is 14.6. The van der Waals surface area contributed by atoms with Gasteiger partial charge >= 0.3 is 5.97 Å². The minimum Gasteiger partial charge on any atom is -0.477 e. The maximum atomic E-state index is 14.6. The minimum atomic E-state index is -1.30. The molecule has 0 spiro atoms. The number of carbonyl (C=O) groups is 1. The van der Waals surface area contributed by atoms with Crippen molar-refractivity contribution in [3.63, 3.8) is 0 Å². The Kier molecular flexibility index (Phi) is 4.53. The Morgan fingerprint density at radius 2 is 2.12 bits per heavy atom. The Labute approximate surface area is 138 Å². The number of aromatic carboxylic acids is 1. The van der Waals surface area contributed by atoms with Crippen molar-refractivity contribution in [2.75, 3.05) is 31.1 Å². The van der Waals surface area contributed by atoms with Gasteiger partial charge in [-0.2, -0.15) is 0 Å². The summed E-state index contributed by atoms with van der Waals surface area (Å²) in [6.45, 7) is 5.44. The van der Waals surface area contributed by atoms with Crippen LogP contribution in [0.4, 0.5) is 10.1 Å². The Hall–Kier alpha value is -2.41. The zero-order valence-electron chi connectivity index (χ0n) is 13.5. The number of benzene rings is 1. The van der Waals surface area contributed by atoms with E-state index in [1.165, 1.54) is 12.3 Å². The van der Waals surface area contributed by atoms with Crippen LogP contribution >= 0.6 is 0 Å². The predicted molar refractivity (Wildman–Crippen MR) is 90.5 cm³/mol. The lowest BCUT2D eigenvalue weighted by Crippen LogP contribution is -2.29. The molecular weight excluding hydrogens is 313 g/mol. The van der Waals surface area contributed by atoms with E-state index in [0.29, 0.717) is 24.3 Å². The summed E-state index contributed by atoms with van der Waals surface area (Å²) in [4.78, 5) is 25.6. The molecule has 0 radical (unpaired) electrons. The van der Waals surface area contributed by atoms with E-state index in [9.17, 15) is 19.1 Å². The zero-order valence-corrected chi connectivity index (χ0v) is 13.5. The Morgan fingerprint density at radius 1 is 1.33 bits per heavy atom. The van der Waals surface area contributed by atoms with E-state index in [1.807, 2.05) is 11.8 Å². The number of halogens is 1. The van der Waals surface area contributed by atoms with Crippen molar-refractivity contribution in [2.45, 2.75) is 19.9 Å². The highest BCUT2D eigenvalue weighted by Gasteiger charge is 2.19. The normalized spacial score (nSPS) is 15.5. The molecule has 0 amide bonds. The van der Waals surface area contributed by atoms with Crippen LogP contribution in [0.1, 0.15) is 23.7 Å². The molecule has 2 N–H and O–H groups in total. The highest BCUT2D eigenvalue weighted by molar-refractivity contribution is 5.93. The van der Waals surface area contributed by atoms with Crippen LogP contribution in [0.5, 0.6) is 0 Å². The van der Waals surface area contributed by atoms with E-state index in [2.05, 4.69) is 5.32 Å². The molecule has 7 heteroatoms. The number of carboxylic acids is 1. The molecule has 6 nitrogen and oxygen atoms in total. The standard InChI is InChI=1S/C17H20FN3O3/c1-2-20-10-12(17(23)24)16(22)11-8-13(18)15(9-14(11)20)21-6-3-4-19-5-7-21/h8-10,19H,2-7H2,1H3,(H,23,24). The summed E-state index contributed by atoms with van der Waals surface area (Å²) in [7, 11) is 0. The first-order valence-electron chi connectivity index (χ1n) is 8.08. The van der Waals surface area contributed by atoms with Gasteiger partial charge in [0.2, 0.25) is 5.43 Å². The largest absolute Gasteiger partial charge is 0.477 e. The second kappa shape index (κ2) is 6.60. The van der Waals surface area contributed by atoms with Gasteiger partial charge in [-0.15, -0.1) is 0 Å². The van der Waals surface area contributed by atoms with Crippen molar-refractivity contribution in [3.05, 3.63) is 39.9 Å². The van der Waals surface area contributed by atoms with Gasteiger partial charge in [-0.05, 0) is 32.0 Å². The number of hydrogen-bond donors (Lipinski definition) is 2. The second-order valence-electron chi connectivity index (χ2n) is 5.87. The van der Waals surface area contributed by atoms with E-state index in [1.54, 1.807) is 10.6 Å². The predicted octanol–water partition coefficient (Wildman–Crippen LogP) is 1.66. The molecule has 0 bridgehead atoms. The third kappa shape index (κ3) is 2.87. The lowest BCUT2D eigenvalue weighted by Gasteiger charge is -2.24. The Bertz CT molecular complexity index is 839. The van der Waals surface area contributed by atoms with Crippen molar-refractivity contribution in [1.82, 2.24) is 9.88 Å². The summed E-state index contributed by atoms with van der Waals surface area (Å²) in [6.07, 6.45) is 2.24. The van der Waals surface area contributed by atoms with Gasteiger partial charge in [0.15, 0.2) is 0 Å². The van der Waals surface area contributed by atoms with Crippen LogP contribution < -0.4 is 15.6 Å². The molecule has 24 heavy (non-hydrogen) atoms. The molecule has 1 aromatic heterocycles. The van der Waals surface area contributed by atoms with E-state index in [4.69, 9.17) is 0 Å². The molecule has 0 unspecified atom stereocenters. The van der Waals surface area contributed by atoms with Crippen LogP contribution in [0.2, 0.25) is 0 Å². The first kappa shape index (κ1) is 16.4. The molecule has 1 aliphatic rings. The fraction of sp³-hybridized carbons (Fsp3) is 0.412. The number of aromatic nitrogens is 1. The topological polar surface area (TPSA) is 74.6 Å². The average Bonchev–Trinajstić information content (AvgIpc) is 2.84. The summed E-state index contributed by atoms with van der Waals surface area (Å²) in [6, 6.07) is 2.83. The van der Waals surface area contributed by atoms with Crippen LogP contribution in [-0.4, -0.2) is 41.8 Å². The van der Waals surface area contributed by atoms with Crippen molar-refractivity contribution in [1.29, 1.82) is 0 Å². The summed E-state index contributed by atoms with van der Waals surface area (Å²) in [5.74, 6) is -1.79. The van der Waals surface area contributed by atoms with Gasteiger partial charge in [-0.25, -0.2) is 9.18 Å². The number of nitrogens with zero attached hydrogens (tertiary/aromatic N) is 2. The van der Waals surface area contributed by atoms with Crippen LogP contribution in [0.15, 0.2) is 23.1 Å². The Morgan fingerprint density at radius 3 is 2.83 bits per heavy atom. The number of rotatable bonds is 3. The third-order valence-corrected chi connectivity index (χ3v) is 4.40. The van der Waals surface area contributed by atoms with Crippen LogP contribution in [-0.2, 0) is 6.54 Å². The van der Waals surface area contributed by atoms with Crippen LogP contribution in [0, 0.1) is 5.82 Å². The molecule has 0 aliphatic carbocycles. The van der Waals surface area contributed by atoms with Gasteiger partial charge in [-0.1, -0.05) is 0 Å². The van der Waals surface area contributed by atoms with Crippen LogP contribution in [0.3, 0.4) is 0 Å². The zero-order chi connectivity index (χ0) is 17.3.